The second-order valence-electron chi connectivity index (χ2n) is 13.0. The maximum atomic E-state index is 2.50. The number of nitrogens with zero attached hydrogens (tertiary/aromatic N) is 1. The number of rotatable bonds is 28. The van der Waals surface area contributed by atoms with Gasteiger partial charge in [-0.25, -0.2) is 0 Å². The molecule has 2 heteroatoms. The van der Waals surface area contributed by atoms with Gasteiger partial charge in [0.25, 0.3) is 0 Å². The van der Waals surface area contributed by atoms with Gasteiger partial charge >= 0.3 is 0 Å². The van der Waals surface area contributed by atoms with Gasteiger partial charge < -0.3 is 21.5 Å². The molecule has 0 fully saturated rings. The first-order valence-corrected chi connectivity index (χ1v) is 17.5. The van der Waals surface area contributed by atoms with Gasteiger partial charge in [-0.15, -0.1) is 0 Å². The zero-order chi connectivity index (χ0) is 27.6. The third-order valence-corrected chi connectivity index (χ3v) is 8.95. The molecule has 1 unspecified atom stereocenters. The Morgan fingerprint density at radius 3 is 1.18 bits per heavy atom. The van der Waals surface area contributed by atoms with E-state index in [1.807, 2.05) is 0 Å². The minimum absolute atomic E-state index is 0. The minimum atomic E-state index is 0. The molecule has 0 N–H and O–H groups in total. The van der Waals surface area contributed by atoms with E-state index in [1.54, 1.807) is 5.56 Å². The second-order valence-corrected chi connectivity index (χ2v) is 13.0. The first kappa shape index (κ1) is 38.7. The van der Waals surface area contributed by atoms with Gasteiger partial charge in [-0.05, 0) is 19.3 Å². The summed E-state index contributed by atoms with van der Waals surface area (Å²) in [6.07, 6.45) is 35.8. The molecule has 0 saturated heterocycles. The van der Waals surface area contributed by atoms with Crippen molar-refractivity contribution in [2.24, 2.45) is 0 Å². The highest BCUT2D eigenvalue weighted by Gasteiger charge is 2.28. The molecule has 230 valence electrons. The van der Waals surface area contributed by atoms with Crippen molar-refractivity contribution in [1.82, 2.24) is 0 Å². The molecule has 39 heavy (non-hydrogen) atoms. The Labute approximate surface area is 257 Å². The summed E-state index contributed by atoms with van der Waals surface area (Å²) in [5.74, 6) is 0. The van der Waals surface area contributed by atoms with Crippen LogP contribution in [0.1, 0.15) is 186 Å². The first-order valence-electron chi connectivity index (χ1n) is 17.5. The maximum Gasteiger partial charge on any atom is 0.114 e. The summed E-state index contributed by atoms with van der Waals surface area (Å²) < 4.78 is 1.15. The number of hydrogen-bond acceptors (Lipinski definition) is 0. The summed E-state index contributed by atoms with van der Waals surface area (Å²) in [7, 11) is 4.99. The molecule has 0 aromatic heterocycles. The standard InChI is InChI=1S/C37H70N.BrH/c1-5-7-9-11-13-15-17-19-21-23-25-30-34-37(36-32-28-27-29-33-36)38(3,4)35-31-26-24-22-20-18-16-14-12-10-8-6-2;/h27-29,32-33,37H,5-26,30-31,34-35H2,1-4H3;1H/q+1;/p-1. The largest absolute Gasteiger partial charge is 1.00 e. The molecule has 0 spiro atoms. The summed E-state index contributed by atoms with van der Waals surface area (Å²) in [5, 5.41) is 0. The Hall–Kier alpha value is -0.340. The smallest absolute Gasteiger partial charge is 0.114 e. The average molecular weight is 609 g/mol. The van der Waals surface area contributed by atoms with E-state index < -0.39 is 0 Å². The monoisotopic (exact) mass is 607 g/mol. The lowest BCUT2D eigenvalue weighted by Crippen LogP contribution is -3.00. The summed E-state index contributed by atoms with van der Waals surface area (Å²) in [6.45, 7) is 5.93. The number of hydrogen-bond donors (Lipinski definition) is 0. The molecule has 1 rings (SSSR count). The number of unbranched alkanes of at least 4 members (excludes halogenated alkanes) is 22. The molecule has 0 aliphatic heterocycles. The summed E-state index contributed by atoms with van der Waals surface area (Å²) >= 11 is 0. The van der Waals surface area contributed by atoms with Crippen molar-refractivity contribution in [3.63, 3.8) is 0 Å². The highest BCUT2D eigenvalue weighted by Crippen LogP contribution is 2.31. The van der Waals surface area contributed by atoms with Crippen LogP contribution >= 0.6 is 0 Å². The minimum Gasteiger partial charge on any atom is -1.00 e. The fraction of sp³-hybridized carbons (Fsp3) is 0.838. The highest BCUT2D eigenvalue weighted by atomic mass is 79.9. The van der Waals surface area contributed by atoms with Crippen molar-refractivity contribution in [3.05, 3.63) is 35.9 Å². The number of benzene rings is 1. The van der Waals surface area contributed by atoms with Crippen molar-refractivity contribution in [2.45, 2.75) is 180 Å². The third kappa shape index (κ3) is 22.0. The van der Waals surface area contributed by atoms with E-state index in [9.17, 15) is 0 Å². The molecule has 0 saturated carbocycles. The molecule has 1 atom stereocenters. The molecular weight excluding hydrogens is 538 g/mol. The van der Waals surface area contributed by atoms with E-state index in [1.165, 1.54) is 167 Å². The zero-order valence-corrected chi connectivity index (χ0v) is 28.8. The third-order valence-electron chi connectivity index (χ3n) is 8.95. The maximum absolute atomic E-state index is 2.50. The summed E-state index contributed by atoms with van der Waals surface area (Å²) in [5.41, 5.74) is 1.56. The van der Waals surface area contributed by atoms with Crippen LogP contribution in [-0.4, -0.2) is 25.1 Å². The Kier molecular flexibility index (Phi) is 27.6. The van der Waals surface area contributed by atoms with E-state index in [-0.39, 0.29) is 17.0 Å². The fourth-order valence-electron chi connectivity index (χ4n) is 6.29. The molecule has 0 bridgehead atoms. The van der Waals surface area contributed by atoms with E-state index >= 15 is 0 Å². The van der Waals surface area contributed by atoms with Gasteiger partial charge in [-0.2, -0.15) is 0 Å². The van der Waals surface area contributed by atoms with E-state index in [2.05, 4.69) is 58.3 Å². The van der Waals surface area contributed by atoms with Crippen LogP contribution in [0.25, 0.3) is 0 Å². The number of halogens is 1. The van der Waals surface area contributed by atoms with Gasteiger partial charge in [0.2, 0.25) is 0 Å². The summed E-state index contributed by atoms with van der Waals surface area (Å²) in [4.78, 5) is 0. The summed E-state index contributed by atoms with van der Waals surface area (Å²) in [6, 6.07) is 12.1. The Bertz CT molecular complexity index is 599. The lowest BCUT2D eigenvalue weighted by Gasteiger charge is -2.39. The molecule has 0 aliphatic carbocycles. The van der Waals surface area contributed by atoms with Crippen molar-refractivity contribution in [3.8, 4) is 0 Å². The van der Waals surface area contributed by atoms with Crippen LogP contribution in [0.4, 0.5) is 0 Å². The van der Waals surface area contributed by atoms with Crippen LogP contribution in [0, 0.1) is 0 Å². The number of quaternary nitrogens is 1. The van der Waals surface area contributed by atoms with E-state index in [0.29, 0.717) is 6.04 Å². The lowest BCUT2D eigenvalue weighted by atomic mass is 9.96. The predicted octanol–water partition coefficient (Wildman–Crippen LogP) is 9.60. The quantitative estimate of drug-likeness (QED) is 0.0656. The van der Waals surface area contributed by atoms with Crippen LogP contribution < -0.4 is 17.0 Å². The molecule has 1 nitrogen and oxygen atoms in total. The SMILES string of the molecule is CCCCCCCCCCCCCCC(c1ccccc1)[N+](C)(C)CCCCCCCCCCCCCC.[Br-]. The second kappa shape index (κ2) is 27.8. The van der Waals surface area contributed by atoms with Crippen LogP contribution in [-0.2, 0) is 0 Å². The Morgan fingerprint density at radius 1 is 0.462 bits per heavy atom. The van der Waals surface area contributed by atoms with Crippen LogP contribution in [0.5, 0.6) is 0 Å². The van der Waals surface area contributed by atoms with Crippen molar-refractivity contribution < 1.29 is 21.5 Å². The normalized spacial score (nSPS) is 12.4. The molecule has 0 amide bonds. The molecule has 0 radical (unpaired) electrons. The van der Waals surface area contributed by atoms with E-state index in [4.69, 9.17) is 0 Å². The fourth-order valence-corrected chi connectivity index (χ4v) is 6.29. The van der Waals surface area contributed by atoms with Gasteiger partial charge in [0.05, 0.1) is 20.6 Å². The van der Waals surface area contributed by atoms with Crippen molar-refractivity contribution >= 4 is 0 Å². The molecular formula is C37H70BrN. The average Bonchev–Trinajstić information content (AvgIpc) is 2.92. The predicted molar refractivity (Wildman–Crippen MR) is 173 cm³/mol. The highest BCUT2D eigenvalue weighted by molar-refractivity contribution is 5.17. The van der Waals surface area contributed by atoms with Crippen molar-refractivity contribution in [2.75, 3.05) is 20.6 Å². The Balaban J connectivity index is 0.0000144. The zero-order valence-electron chi connectivity index (χ0n) is 27.2. The molecule has 0 heterocycles. The van der Waals surface area contributed by atoms with Gasteiger partial charge in [0, 0.05) is 12.0 Å². The van der Waals surface area contributed by atoms with Gasteiger partial charge in [-0.1, -0.05) is 179 Å². The molecule has 0 aliphatic rings. The van der Waals surface area contributed by atoms with Crippen molar-refractivity contribution in [1.29, 1.82) is 0 Å². The van der Waals surface area contributed by atoms with Gasteiger partial charge in [-0.3, -0.25) is 0 Å². The lowest BCUT2D eigenvalue weighted by molar-refractivity contribution is -0.921. The van der Waals surface area contributed by atoms with Crippen LogP contribution in [0.2, 0.25) is 0 Å². The van der Waals surface area contributed by atoms with Crippen LogP contribution in [0.3, 0.4) is 0 Å². The van der Waals surface area contributed by atoms with Gasteiger partial charge in [0.15, 0.2) is 0 Å². The van der Waals surface area contributed by atoms with Crippen LogP contribution in [0.15, 0.2) is 30.3 Å². The topological polar surface area (TPSA) is 0 Å². The van der Waals surface area contributed by atoms with E-state index in [0.717, 1.165) is 4.48 Å². The van der Waals surface area contributed by atoms with Gasteiger partial charge in [0.1, 0.15) is 6.04 Å². The molecule has 1 aromatic carbocycles. The first-order chi connectivity index (χ1) is 18.6. The molecule has 1 aromatic rings. The Morgan fingerprint density at radius 2 is 0.795 bits per heavy atom.